The van der Waals surface area contributed by atoms with Crippen LogP contribution < -0.4 is 5.32 Å². The third-order valence-electron chi connectivity index (χ3n) is 4.72. The molecular weight excluding hydrogens is 278 g/mol. The van der Waals surface area contributed by atoms with Gasteiger partial charge in [-0.1, -0.05) is 0 Å². The summed E-state index contributed by atoms with van der Waals surface area (Å²) in [5.74, 6) is 2.67. The van der Waals surface area contributed by atoms with Crippen molar-refractivity contribution >= 4 is 5.96 Å². The zero-order valence-corrected chi connectivity index (χ0v) is 13.7. The van der Waals surface area contributed by atoms with Crippen LogP contribution in [0.1, 0.15) is 25.1 Å². The van der Waals surface area contributed by atoms with Crippen LogP contribution in [-0.4, -0.2) is 70.3 Å². The second-order valence-corrected chi connectivity index (χ2v) is 6.31. The summed E-state index contributed by atoms with van der Waals surface area (Å²) in [5.41, 5.74) is 0. The molecule has 2 aliphatic rings. The molecule has 0 spiro atoms. The molecule has 3 rings (SSSR count). The van der Waals surface area contributed by atoms with Crippen LogP contribution in [0.4, 0.5) is 0 Å². The number of aliphatic imine (C=N–C) groups is 1. The monoisotopic (exact) mass is 305 g/mol. The van der Waals surface area contributed by atoms with Gasteiger partial charge in [-0.2, -0.15) is 5.10 Å². The highest BCUT2D eigenvalue weighted by atomic mass is 15.3. The highest BCUT2D eigenvalue weighted by Gasteiger charge is 2.27. The van der Waals surface area contributed by atoms with Gasteiger partial charge in [-0.25, -0.2) is 4.98 Å². The quantitative estimate of drug-likeness (QED) is 0.641. The largest absolute Gasteiger partial charge is 0.349 e. The molecule has 1 aromatic heterocycles. The molecule has 2 fully saturated rings. The summed E-state index contributed by atoms with van der Waals surface area (Å²) < 4.78 is 1.79. The molecule has 122 valence electrons. The molecule has 0 aromatic carbocycles. The number of hydrogen-bond donors (Lipinski definition) is 1. The van der Waals surface area contributed by atoms with Gasteiger partial charge in [0.15, 0.2) is 5.96 Å². The predicted molar refractivity (Wildman–Crippen MR) is 86.6 cm³/mol. The van der Waals surface area contributed by atoms with Crippen LogP contribution in [-0.2, 0) is 13.6 Å². The van der Waals surface area contributed by atoms with E-state index in [-0.39, 0.29) is 0 Å². The van der Waals surface area contributed by atoms with Gasteiger partial charge in [0.25, 0.3) is 0 Å². The van der Waals surface area contributed by atoms with Crippen LogP contribution in [0.2, 0.25) is 0 Å². The van der Waals surface area contributed by atoms with Crippen molar-refractivity contribution < 1.29 is 0 Å². The van der Waals surface area contributed by atoms with Gasteiger partial charge in [0.05, 0.1) is 6.54 Å². The van der Waals surface area contributed by atoms with E-state index in [0.717, 1.165) is 30.8 Å². The molecule has 0 amide bonds. The molecule has 2 aliphatic heterocycles. The van der Waals surface area contributed by atoms with E-state index >= 15 is 0 Å². The van der Waals surface area contributed by atoms with E-state index in [4.69, 9.17) is 0 Å². The third-order valence-corrected chi connectivity index (χ3v) is 4.72. The Morgan fingerprint density at radius 2 is 2.18 bits per heavy atom. The minimum Gasteiger partial charge on any atom is -0.349 e. The van der Waals surface area contributed by atoms with Gasteiger partial charge in [0.2, 0.25) is 0 Å². The van der Waals surface area contributed by atoms with Gasteiger partial charge in [-0.15, -0.1) is 0 Å². The first-order valence-electron chi connectivity index (χ1n) is 8.27. The summed E-state index contributed by atoms with van der Waals surface area (Å²) in [6, 6.07) is 0. The van der Waals surface area contributed by atoms with E-state index < -0.39 is 0 Å². The molecule has 0 bridgehead atoms. The van der Waals surface area contributed by atoms with Crippen molar-refractivity contribution in [2.45, 2.75) is 25.8 Å². The number of aryl methyl sites for hydroxylation is 1. The van der Waals surface area contributed by atoms with E-state index in [2.05, 4.69) is 30.2 Å². The molecule has 7 nitrogen and oxygen atoms in total. The highest BCUT2D eigenvalue weighted by Crippen LogP contribution is 2.19. The van der Waals surface area contributed by atoms with Crippen LogP contribution >= 0.6 is 0 Å². The molecular formula is C15H27N7. The van der Waals surface area contributed by atoms with Gasteiger partial charge in [0.1, 0.15) is 12.2 Å². The lowest BCUT2D eigenvalue weighted by Gasteiger charge is -2.23. The number of rotatable bonds is 4. The van der Waals surface area contributed by atoms with Crippen molar-refractivity contribution in [3.05, 3.63) is 12.2 Å². The molecule has 0 aliphatic carbocycles. The first-order chi connectivity index (χ1) is 10.8. The van der Waals surface area contributed by atoms with Crippen LogP contribution in [0.3, 0.4) is 0 Å². The Bertz CT molecular complexity index is 504. The molecule has 1 N–H and O–H groups in total. The standard InChI is InChI=1S/C15H27N7/c1-16-15(17-9-14-18-12-19-20(14)2)22-8-5-13(11-22)10-21-6-3-4-7-21/h12-13H,3-11H2,1-2H3,(H,16,17). The van der Waals surface area contributed by atoms with Gasteiger partial charge >= 0.3 is 0 Å². The fourth-order valence-electron chi connectivity index (χ4n) is 3.47. The SMILES string of the molecule is CN=C(NCc1ncnn1C)N1CCC(CN2CCCC2)C1. The summed E-state index contributed by atoms with van der Waals surface area (Å²) in [6.45, 7) is 6.69. The molecule has 0 saturated carbocycles. The maximum absolute atomic E-state index is 4.43. The minimum absolute atomic E-state index is 0.663. The highest BCUT2D eigenvalue weighted by molar-refractivity contribution is 5.80. The number of nitrogens with zero attached hydrogens (tertiary/aromatic N) is 6. The zero-order valence-electron chi connectivity index (χ0n) is 13.7. The van der Waals surface area contributed by atoms with Gasteiger partial charge in [0, 0.05) is 33.7 Å². The van der Waals surface area contributed by atoms with E-state index in [1.54, 1.807) is 11.0 Å². The van der Waals surface area contributed by atoms with E-state index in [0.29, 0.717) is 6.54 Å². The summed E-state index contributed by atoms with van der Waals surface area (Å²) in [7, 11) is 3.77. The van der Waals surface area contributed by atoms with Crippen LogP contribution in [0.25, 0.3) is 0 Å². The molecule has 1 unspecified atom stereocenters. The number of guanidine groups is 1. The summed E-state index contributed by atoms with van der Waals surface area (Å²) in [5, 5.41) is 7.50. The van der Waals surface area contributed by atoms with E-state index in [1.807, 2.05) is 14.1 Å². The van der Waals surface area contributed by atoms with Gasteiger partial charge in [-0.3, -0.25) is 9.67 Å². The van der Waals surface area contributed by atoms with E-state index in [1.165, 1.54) is 38.9 Å². The summed E-state index contributed by atoms with van der Waals surface area (Å²) in [6.07, 6.45) is 5.59. The van der Waals surface area contributed by atoms with Gasteiger partial charge in [-0.05, 0) is 38.3 Å². The lowest BCUT2D eigenvalue weighted by atomic mass is 10.1. The smallest absolute Gasteiger partial charge is 0.194 e. The molecule has 3 heterocycles. The van der Waals surface area contributed by atoms with Gasteiger partial charge < -0.3 is 15.1 Å². The Labute approximate surface area is 132 Å². The topological polar surface area (TPSA) is 61.6 Å². The Kier molecular flexibility index (Phi) is 4.92. The summed E-state index contributed by atoms with van der Waals surface area (Å²) >= 11 is 0. The summed E-state index contributed by atoms with van der Waals surface area (Å²) in [4.78, 5) is 13.7. The van der Waals surface area contributed by atoms with Crippen molar-refractivity contribution in [2.75, 3.05) is 39.8 Å². The van der Waals surface area contributed by atoms with Crippen LogP contribution in [0.5, 0.6) is 0 Å². The first-order valence-corrected chi connectivity index (χ1v) is 8.27. The maximum atomic E-state index is 4.43. The Morgan fingerprint density at radius 1 is 1.36 bits per heavy atom. The average molecular weight is 305 g/mol. The van der Waals surface area contributed by atoms with Crippen molar-refractivity contribution in [1.82, 2.24) is 29.9 Å². The number of hydrogen-bond acceptors (Lipinski definition) is 4. The third kappa shape index (κ3) is 3.58. The Morgan fingerprint density at radius 3 is 2.86 bits per heavy atom. The normalized spacial score (nSPS) is 23.5. The van der Waals surface area contributed by atoms with E-state index in [9.17, 15) is 0 Å². The molecule has 1 aromatic rings. The number of likely N-dealkylation sites (tertiary alicyclic amines) is 2. The Balaban J connectivity index is 1.48. The number of nitrogens with one attached hydrogen (secondary N) is 1. The fraction of sp³-hybridized carbons (Fsp3) is 0.800. The molecule has 1 atom stereocenters. The first kappa shape index (κ1) is 15.3. The van der Waals surface area contributed by atoms with Crippen molar-refractivity contribution in [1.29, 1.82) is 0 Å². The van der Waals surface area contributed by atoms with Crippen molar-refractivity contribution in [3.63, 3.8) is 0 Å². The average Bonchev–Trinajstić information content (AvgIpc) is 3.24. The molecule has 7 heteroatoms. The Hall–Kier alpha value is -1.63. The van der Waals surface area contributed by atoms with Crippen LogP contribution in [0, 0.1) is 5.92 Å². The van der Waals surface area contributed by atoms with Crippen LogP contribution in [0.15, 0.2) is 11.3 Å². The lowest BCUT2D eigenvalue weighted by Crippen LogP contribution is -2.40. The second-order valence-electron chi connectivity index (χ2n) is 6.31. The minimum atomic E-state index is 0.663. The van der Waals surface area contributed by atoms with Crippen molar-refractivity contribution in [2.24, 2.45) is 18.0 Å². The number of aromatic nitrogens is 3. The zero-order chi connectivity index (χ0) is 15.4. The van der Waals surface area contributed by atoms with Crippen molar-refractivity contribution in [3.8, 4) is 0 Å². The molecule has 2 saturated heterocycles. The maximum Gasteiger partial charge on any atom is 0.194 e. The lowest BCUT2D eigenvalue weighted by molar-refractivity contribution is 0.281. The predicted octanol–water partition coefficient (Wildman–Crippen LogP) is 0.308. The molecule has 22 heavy (non-hydrogen) atoms. The molecule has 0 radical (unpaired) electrons. The fourth-order valence-corrected chi connectivity index (χ4v) is 3.47. The second kappa shape index (κ2) is 7.09.